The predicted molar refractivity (Wildman–Crippen MR) is 72.3 cm³/mol. The van der Waals surface area contributed by atoms with Crippen LogP contribution < -0.4 is 5.32 Å². The zero-order chi connectivity index (χ0) is 12.5. The van der Waals surface area contributed by atoms with E-state index in [4.69, 9.17) is 0 Å². The zero-order valence-corrected chi connectivity index (χ0v) is 10.6. The zero-order valence-electron chi connectivity index (χ0n) is 10.6. The lowest BCUT2D eigenvalue weighted by Gasteiger charge is -2.05. The standard InChI is InChI=1S/C15H18N2O/c1-10-8-13(10)15(18)17-6-4-11-2-3-14-12(9-11)5-7-16-14/h2-3,5,7,9-10,13,16H,4,6,8H2,1H3,(H,17,18)/t10-,13+/m0/s1. The number of rotatable bonds is 4. The summed E-state index contributed by atoms with van der Waals surface area (Å²) in [5.74, 6) is 1.09. The first-order valence-corrected chi connectivity index (χ1v) is 6.58. The van der Waals surface area contributed by atoms with Crippen molar-refractivity contribution in [3.05, 3.63) is 36.0 Å². The van der Waals surface area contributed by atoms with Crippen molar-refractivity contribution in [2.75, 3.05) is 6.54 Å². The van der Waals surface area contributed by atoms with Gasteiger partial charge in [0, 0.05) is 24.2 Å². The molecule has 1 heterocycles. The lowest BCUT2D eigenvalue weighted by Crippen LogP contribution is -2.27. The van der Waals surface area contributed by atoms with E-state index in [1.54, 1.807) is 0 Å². The van der Waals surface area contributed by atoms with Crippen LogP contribution in [-0.4, -0.2) is 17.4 Å². The molecule has 0 radical (unpaired) electrons. The minimum absolute atomic E-state index is 0.227. The number of amides is 1. The maximum Gasteiger partial charge on any atom is 0.223 e. The first-order chi connectivity index (χ1) is 8.74. The van der Waals surface area contributed by atoms with E-state index >= 15 is 0 Å². The molecule has 0 spiro atoms. The monoisotopic (exact) mass is 242 g/mol. The van der Waals surface area contributed by atoms with E-state index in [-0.39, 0.29) is 11.8 Å². The Kier molecular flexibility index (Phi) is 2.82. The first-order valence-electron chi connectivity index (χ1n) is 6.58. The molecule has 1 amide bonds. The lowest BCUT2D eigenvalue weighted by atomic mass is 10.1. The Labute approximate surface area is 107 Å². The summed E-state index contributed by atoms with van der Waals surface area (Å²) in [4.78, 5) is 14.8. The molecule has 1 saturated carbocycles. The van der Waals surface area contributed by atoms with Gasteiger partial charge in [-0.25, -0.2) is 0 Å². The Balaban J connectivity index is 1.54. The summed E-state index contributed by atoms with van der Waals surface area (Å²) in [6.45, 7) is 2.86. The second-order valence-corrected chi connectivity index (χ2v) is 5.26. The predicted octanol–water partition coefficient (Wildman–Crippen LogP) is 2.48. The van der Waals surface area contributed by atoms with E-state index in [0.29, 0.717) is 5.92 Å². The molecule has 1 aliphatic rings. The van der Waals surface area contributed by atoms with Gasteiger partial charge >= 0.3 is 0 Å². The molecule has 1 fully saturated rings. The highest BCUT2D eigenvalue weighted by atomic mass is 16.2. The molecule has 1 aromatic heterocycles. The summed E-state index contributed by atoms with van der Waals surface area (Å²) < 4.78 is 0. The molecule has 3 rings (SSSR count). The minimum Gasteiger partial charge on any atom is -0.361 e. The van der Waals surface area contributed by atoms with Crippen LogP contribution in [-0.2, 0) is 11.2 Å². The number of fused-ring (bicyclic) bond motifs is 1. The highest BCUT2D eigenvalue weighted by Gasteiger charge is 2.38. The third kappa shape index (κ3) is 2.26. The van der Waals surface area contributed by atoms with E-state index in [1.165, 1.54) is 10.9 Å². The Morgan fingerprint density at radius 3 is 3.06 bits per heavy atom. The maximum absolute atomic E-state index is 11.7. The molecule has 18 heavy (non-hydrogen) atoms. The van der Waals surface area contributed by atoms with Gasteiger partial charge < -0.3 is 10.3 Å². The number of hydrogen-bond acceptors (Lipinski definition) is 1. The smallest absolute Gasteiger partial charge is 0.223 e. The molecule has 3 nitrogen and oxygen atoms in total. The molecule has 2 N–H and O–H groups in total. The molecule has 1 aromatic carbocycles. The summed E-state index contributed by atoms with van der Waals surface area (Å²) in [6.07, 6.45) is 3.90. The molecule has 0 saturated heterocycles. The van der Waals surface area contributed by atoms with Crippen molar-refractivity contribution in [1.29, 1.82) is 0 Å². The van der Waals surface area contributed by atoms with Crippen LogP contribution in [0, 0.1) is 11.8 Å². The summed E-state index contributed by atoms with van der Waals surface area (Å²) >= 11 is 0. The first kappa shape index (κ1) is 11.3. The summed E-state index contributed by atoms with van der Waals surface area (Å²) in [5.41, 5.74) is 2.43. The van der Waals surface area contributed by atoms with E-state index in [9.17, 15) is 4.79 Å². The van der Waals surface area contributed by atoms with Crippen molar-refractivity contribution in [1.82, 2.24) is 10.3 Å². The normalized spacial score (nSPS) is 22.1. The second kappa shape index (κ2) is 4.48. The molecule has 3 heteroatoms. The van der Waals surface area contributed by atoms with E-state index < -0.39 is 0 Å². The fraction of sp³-hybridized carbons (Fsp3) is 0.400. The van der Waals surface area contributed by atoms with Crippen LogP contribution in [0.25, 0.3) is 10.9 Å². The number of benzene rings is 1. The van der Waals surface area contributed by atoms with E-state index in [2.05, 4.69) is 41.5 Å². The molecular formula is C15H18N2O. The van der Waals surface area contributed by atoms with Gasteiger partial charge in [0.15, 0.2) is 0 Å². The molecule has 1 aliphatic carbocycles. The van der Waals surface area contributed by atoms with Crippen LogP contribution >= 0.6 is 0 Å². The molecule has 94 valence electrons. The van der Waals surface area contributed by atoms with Crippen LogP contribution in [0.2, 0.25) is 0 Å². The average Bonchev–Trinajstić information content (AvgIpc) is 2.91. The SMILES string of the molecule is C[C@H]1C[C@H]1C(=O)NCCc1ccc2[nH]ccc2c1. The van der Waals surface area contributed by atoms with Crippen LogP contribution in [0.3, 0.4) is 0 Å². The fourth-order valence-electron chi connectivity index (χ4n) is 2.41. The van der Waals surface area contributed by atoms with Crippen molar-refractivity contribution in [2.24, 2.45) is 11.8 Å². The van der Waals surface area contributed by atoms with Crippen molar-refractivity contribution < 1.29 is 4.79 Å². The molecular weight excluding hydrogens is 224 g/mol. The summed E-state index contributed by atoms with van der Waals surface area (Å²) in [6, 6.07) is 8.46. The highest BCUT2D eigenvalue weighted by molar-refractivity contribution is 5.81. The lowest BCUT2D eigenvalue weighted by molar-refractivity contribution is -0.122. The van der Waals surface area contributed by atoms with Gasteiger partial charge in [-0.15, -0.1) is 0 Å². The summed E-state index contributed by atoms with van der Waals surface area (Å²) in [5, 5.41) is 4.25. The molecule has 0 aliphatic heterocycles. The van der Waals surface area contributed by atoms with Crippen LogP contribution in [0.15, 0.2) is 30.5 Å². The quantitative estimate of drug-likeness (QED) is 0.850. The van der Waals surface area contributed by atoms with Gasteiger partial charge in [0.2, 0.25) is 5.91 Å². The number of aromatic nitrogens is 1. The number of carbonyl (C=O) groups is 1. The number of carbonyl (C=O) groups excluding carboxylic acids is 1. The topological polar surface area (TPSA) is 44.9 Å². The van der Waals surface area contributed by atoms with Gasteiger partial charge in [-0.1, -0.05) is 13.0 Å². The number of nitrogens with one attached hydrogen (secondary N) is 2. The number of H-pyrrole nitrogens is 1. The van der Waals surface area contributed by atoms with Crippen molar-refractivity contribution in [3.8, 4) is 0 Å². The molecule has 2 aromatic rings. The Morgan fingerprint density at radius 2 is 2.28 bits per heavy atom. The largest absolute Gasteiger partial charge is 0.361 e. The van der Waals surface area contributed by atoms with Gasteiger partial charge in [0.25, 0.3) is 0 Å². The molecule has 0 unspecified atom stereocenters. The van der Waals surface area contributed by atoms with Gasteiger partial charge in [0.1, 0.15) is 0 Å². The second-order valence-electron chi connectivity index (χ2n) is 5.26. The molecule has 2 atom stereocenters. The highest BCUT2D eigenvalue weighted by Crippen LogP contribution is 2.37. The fourth-order valence-corrected chi connectivity index (χ4v) is 2.41. The number of hydrogen-bond donors (Lipinski definition) is 2. The van der Waals surface area contributed by atoms with Crippen LogP contribution in [0.1, 0.15) is 18.9 Å². The van der Waals surface area contributed by atoms with E-state index in [1.807, 2.05) is 6.20 Å². The van der Waals surface area contributed by atoms with Crippen molar-refractivity contribution >= 4 is 16.8 Å². The van der Waals surface area contributed by atoms with Gasteiger partial charge in [-0.3, -0.25) is 4.79 Å². The van der Waals surface area contributed by atoms with Gasteiger partial charge in [-0.2, -0.15) is 0 Å². The van der Waals surface area contributed by atoms with Crippen LogP contribution in [0.4, 0.5) is 0 Å². The number of aromatic amines is 1. The average molecular weight is 242 g/mol. The minimum atomic E-state index is 0.227. The van der Waals surface area contributed by atoms with Gasteiger partial charge in [0.05, 0.1) is 0 Å². The van der Waals surface area contributed by atoms with Gasteiger partial charge in [-0.05, 0) is 47.9 Å². The Hall–Kier alpha value is -1.77. The third-order valence-electron chi connectivity index (χ3n) is 3.78. The Bertz CT molecular complexity index is 573. The maximum atomic E-state index is 11.7. The van der Waals surface area contributed by atoms with Crippen molar-refractivity contribution in [2.45, 2.75) is 19.8 Å². The van der Waals surface area contributed by atoms with E-state index in [0.717, 1.165) is 24.9 Å². The van der Waals surface area contributed by atoms with Crippen LogP contribution in [0.5, 0.6) is 0 Å². The molecule has 0 bridgehead atoms. The Morgan fingerprint density at radius 1 is 1.44 bits per heavy atom. The third-order valence-corrected chi connectivity index (χ3v) is 3.78. The summed E-state index contributed by atoms with van der Waals surface area (Å²) in [7, 11) is 0. The van der Waals surface area contributed by atoms with Crippen molar-refractivity contribution in [3.63, 3.8) is 0 Å².